The van der Waals surface area contributed by atoms with Crippen LogP contribution in [0.5, 0.6) is 0 Å². The molecule has 2 unspecified atom stereocenters. The summed E-state index contributed by atoms with van der Waals surface area (Å²) in [4.78, 5) is 14.2. The summed E-state index contributed by atoms with van der Waals surface area (Å²) in [6.45, 7) is 3.79. The molecule has 1 aliphatic heterocycles. The lowest BCUT2D eigenvalue weighted by molar-refractivity contribution is -0.142. The molecule has 0 radical (unpaired) electrons. The molecule has 1 saturated carbocycles. The van der Waals surface area contributed by atoms with Crippen LogP contribution in [-0.4, -0.2) is 29.9 Å². The number of nitrogens with two attached hydrogens (primary N) is 1. The number of amides is 1. The van der Waals surface area contributed by atoms with Gasteiger partial charge in [-0.25, -0.2) is 0 Å². The highest BCUT2D eigenvalue weighted by Gasteiger charge is 2.34. The van der Waals surface area contributed by atoms with Crippen LogP contribution in [0.1, 0.15) is 39.0 Å². The van der Waals surface area contributed by atoms with E-state index in [-0.39, 0.29) is 0 Å². The van der Waals surface area contributed by atoms with E-state index in [1.165, 1.54) is 12.8 Å². The first-order valence-electron chi connectivity index (χ1n) is 6.23. The lowest BCUT2D eigenvalue weighted by Gasteiger charge is -2.41. The van der Waals surface area contributed by atoms with Gasteiger partial charge in [-0.2, -0.15) is 0 Å². The maximum absolute atomic E-state index is 12.1. The number of piperidine rings is 1. The molecule has 1 amide bonds. The molecule has 0 aromatic carbocycles. The van der Waals surface area contributed by atoms with Crippen molar-refractivity contribution in [3.63, 3.8) is 0 Å². The first-order chi connectivity index (χ1) is 7.22. The van der Waals surface area contributed by atoms with Gasteiger partial charge in [0.05, 0.1) is 0 Å². The first-order valence-corrected chi connectivity index (χ1v) is 6.23. The zero-order valence-corrected chi connectivity index (χ0v) is 9.61. The molecule has 1 saturated heterocycles. The van der Waals surface area contributed by atoms with E-state index in [4.69, 9.17) is 5.73 Å². The molecule has 1 aliphatic carbocycles. The fourth-order valence-corrected chi connectivity index (χ4v) is 2.57. The van der Waals surface area contributed by atoms with Gasteiger partial charge in [0.2, 0.25) is 5.91 Å². The van der Waals surface area contributed by atoms with Crippen LogP contribution in [-0.2, 0) is 4.79 Å². The molecule has 15 heavy (non-hydrogen) atoms. The van der Waals surface area contributed by atoms with Crippen molar-refractivity contribution in [1.82, 2.24) is 4.90 Å². The van der Waals surface area contributed by atoms with Gasteiger partial charge in [0, 0.05) is 18.5 Å². The molecule has 0 aromatic rings. The monoisotopic (exact) mass is 210 g/mol. The topological polar surface area (TPSA) is 46.3 Å². The van der Waals surface area contributed by atoms with E-state index >= 15 is 0 Å². The van der Waals surface area contributed by atoms with Crippen molar-refractivity contribution in [2.24, 2.45) is 17.6 Å². The number of carbonyl (C=O) groups excluding carboxylic acids is 1. The lowest BCUT2D eigenvalue weighted by Crippen LogP contribution is -2.50. The number of carbonyl (C=O) groups is 1. The molecule has 2 atom stereocenters. The van der Waals surface area contributed by atoms with Gasteiger partial charge >= 0.3 is 0 Å². The maximum Gasteiger partial charge on any atom is 0.225 e. The number of nitrogens with zero attached hydrogens (tertiary/aromatic N) is 1. The van der Waals surface area contributed by atoms with E-state index in [9.17, 15) is 4.79 Å². The summed E-state index contributed by atoms with van der Waals surface area (Å²) in [6.07, 6.45) is 5.76. The molecule has 2 rings (SSSR count). The predicted molar refractivity (Wildman–Crippen MR) is 60.3 cm³/mol. The average Bonchev–Trinajstić information content (AvgIpc) is 2.15. The number of likely N-dealkylation sites (tertiary alicyclic amines) is 1. The minimum atomic E-state index is 0.337. The van der Waals surface area contributed by atoms with Crippen LogP contribution < -0.4 is 5.73 Å². The minimum Gasteiger partial charge on any atom is -0.339 e. The average molecular weight is 210 g/mol. The first kappa shape index (κ1) is 10.9. The third-order valence-electron chi connectivity index (χ3n) is 4.05. The van der Waals surface area contributed by atoms with Gasteiger partial charge < -0.3 is 10.6 Å². The standard InChI is InChI=1S/C12H22N2O/c1-9-5-6-10(7-13)8-14(9)12(15)11-3-2-4-11/h9-11H,2-8,13H2,1H3. The Morgan fingerprint density at radius 2 is 2.07 bits per heavy atom. The summed E-state index contributed by atoms with van der Waals surface area (Å²) in [7, 11) is 0. The van der Waals surface area contributed by atoms with Crippen molar-refractivity contribution in [2.45, 2.75) is 45.1 Å². The fourth-order valence-electron chi connectivity index (χ4n) is 2.57. The third-order valence-corrected chi connectivity index (χ3v) is 4.05. The molecular formula is C12H22N2O. The second-order valence-corrected chi connectivity index (χ2v) is 5.15. The van der Waals surface area contributed by atoms with Gasteiger partial charge in [-0.3, -0.25) is 4.79 Å². The van der Waals surface area contributed by atoms with Crippen LogP contribution in [0, 0.1) is 11.8 Å². The zero-order valence-electron chi connectivity index (χ0n) is 9.61. The van der Waals surface area contributed by atoms with Crippen molar-refractivity contribution < 1.29 is 4.79 Å². The lowest BCUT2D eigenvalue weighted by atomic mass is 9.82. The minimum absolute atomic E-state index is 0.337. The van der Waals surface area contributed by atoms with Crippen LogP contribution in [0.2, 0.25) is 0 Å². The van der Waals surface area contributed by atoms with Crippen LogP contribution in [0.25, 0.3) is 0 Å². The molecule has 2 fully saturated rings. The highest BCUT2D eigenvalue weighted by molar-refractivity contribution is 5.80. The molecular weight excluding hydrogens is 188 g/mol. The quantitative estimate of drug-likeness (QED) is 0.748. The molecule has 3 heteroatoms. The number of hydrogen-bond donors (Lipinski definition) is 1. The predicted octanol–water partition coefficient (Wildman–Crippen LogP) is 1.37. The van der Waals surface area contributed by atoms with Crippen LogP contribution in [0.15, 0.2) is 0 Å². The van der Waals surface area contributed by atoms with Crippen LogP contribution >= 0.6 is 0 Å². The molecule has 0 aromatic heterocycles. The molecule has 1 heterocycles. The van der Waals surface area contributed by atoms with E-state index in [1.54, 1.807) is 0 Å². The number of hydrogen-bond acceptors (Lipinski definition) is 2. The zero-order chi connectivity index (χ0) is 10.8. The van der Waals surface area contributed by atoms with Gasteiger partial charge in [0.15, 0.2) is 0 Å². The van der Waals surface area contributed by atoms with Gasteiger partial charge in [-0.15, -0.1) is 0 Å². The van der Waals surface area contributed by atoms with Crippen molar-refractivity contribution in [3.8, 4) is 0 Å². The van der Waals surface area contributed by atoms with E-state index < -0.39 is 0 Å². The number of rotatable bonds is 2. The molecule has 3 nitrogen and oxygen atoms in total. The van der Waals surface area contributed by atoms with Crippen molar-refractivity contribution >= 4 is 5.91 Å². The van der Waals surface area contributed by atoms with Crippen LogP contribution in [0.3, 0.4) is 0 Å². The molecule has 2 aliphatic rings. The summed E-state index contributed by atoms with van der Waals surface area (Å²) in [5.74, 6) is 1.26. The fraction of sp³-hybridized carbons (Fsp3) is 0.917. The highest BCUT2D eigenvalue weighted by atomic mass is 16.2. The van der Waals surface area contributed by atoms with Crippen molar-refractivity contribution in [3.05, 3.63) is 0 Å². The molecule has 0 bridgehead atoms. The summed E-state index contributed by atoms with van der Waals surface area (Å²) in [5.41, 5.74) is 5.70. The molecule has 86 valence electrons. The summed E-state index contributed by atoms with van der Waals surface area (Å²) < 4.78 is 0. The normalized spacial score (nSPS) is 32.5. The van der Waals surface area contributed by atoms with E-state index in [0.29, 0.717) is 23.8 Å². The van der Waals surface area contributed by atoms with E-state index in [2.05, 4.69) is 11.8 Å². The van der Waals surface area contributed by atoms with Gasteiger partial charge in [0.25, 0.3) is 0 Å². The van der Waals surface area contributed by atoms with Crippen LogP contribution in [0.4, 0.5) is 0 Å². The van der Waals surface area contributed by atoms with Gasteiger partial charge in [-0.1, -0.05) is 6.42 Å². The van der Waals surface area contributed by atoms with Gasteiger partial charge in [0.1, 0.15) is 0 Å². The smallest absolute Gasteiger partial charge is 0.225 e. The Kier molecular flexibility index (Phi) is 3.29. The second kappa shape index (κ2) is 4.52. The van der Waals surface area contributed by atoms with Crippen molar-refractivity contribution in [2.75, 3.05) is 13.1 Å². The summed E-state index contributed by atoms with van der Waals surface area (Å²) in [6, 6.07) is 0.431. The van der Waals surface area contributed by atoms with E-state index in [0.717, 1.165) is 32.4 Å². The maximum atomic E-state index is 12.1. The SMILES string of the molecule is CC1CCC(CN)CN1C(=O)C1CCC1. The summed E-state index contributed by atoms with van der Waals surface area (Å²) >= 11 is 0. The molecule has 0 spiro atoms. The second-order valence-electron chi connectivity index (χ2n) is 5.15. The van der Waals surface area contributed by atoms with E-state index in [1.807, 2.05) is 0 Å². The molecule has 2 N–H and O–H groups in total. The Balaban J connectivity index is 1.95. The van der Waals surface area contributed by atoms with Gasteiger partial charge in [-0.05, 0) is 45.1 Å². The summed E-state index contributed by atoms with van der Waals surface area (Å²) in [5, 5.41) is 0. The Bertz CT molecular complexity index is 238. The Morgan fingerprint density at radius 1 is 1.33 bits per heavy atom. The Morgan fingerprint density at radius 3 is 2.60 bits per heavy atom. The largest absolute Gasteiger partial charge is 0.339 e. The van der Waals surface area contributed by atoms with Crippen molar-refractivity contribution in [1.29, 1.82) is 0 Å². The third kappa shape index (κ3) is 2.17. The highest BCUT2D eigenvalue weighted by Crippen LogP contribution is 2.31. The Labute approximate surface area is 92.0 Å². The Hall–Kier alpha value is -0.570.